The molecule has 1 heterocycles. The van der Waals surface area contributed by atoms with Crippen molar-refractivity contribution in [2.45, 2.75) is 0 Å². The second-order valence-electron chi connectivity index (χ2n) is 3.08. The third kappa shape index (κ3) is 2.12. The van der Waals surface area contributed by atoms with Crippen LogP contribution >= 0.6 is 28.1 Å². The Kier molecular flexibility index (Phi) is 3.02. The van der Waals surface area contributed by atoms with E-state index in [4.69, 9.17) is 12.2 Å². The molecule has 0 aliphatic heterocycles. The Balaban J connectivity index is 2.63. The first-order valence-electron chi connectivity index (χ1n) is 4.35. The minimum Gasteiger partial charge on any atom is -0.299 e. The standard InChI is InChI=1S/C10H6BrFN2OS/c11-7-5-6(1-2-8(7)12)14-4-3-9(15)13-10(14)16/h1-5H,(H,13,15,16). The summed E-state index contributed by atoms with van der Waals surface area (Å²) in [6.07, 6.45) is 1.54. The molecule has 1 aromatic carbocycles. The van der Waals surface area contributed by atoms with Gasteiger partial charge in [-0.25, -0.2) is 4.39 Å². The fraction of sp³-hybridized carbons (Fsp3) is 0. The van der Waals surface area contributed by atoms with Gasteiger partial charge in [-0.2, -0.15) is 0 Å². The number of H-pyrrole nitrogens is 1. The van der Waals surface area contributed by atoms with E-state index in [0.29, 0.717) is 10.2 Å². The van der Waals surface area contributed by atoms with Gasteiger partial charge in [0, 0.05) is 18.0 Å². The molecular weight excluding hydrogens is 295 g/mol. The van der Waals surface area contributed by atoms with Crippen LogP contribution in [0, 0.1) is 10.6 Å². The lowest BCUT2D eigenvalue weighted by atomic mass is 10.3. The van der Waals surface area contributed by atoms with Crippen molar-refractivity contribution in [3.8, 4) is 5.69 Å². The van der Waals surface area contributed by atoms with E-state index in [1.165, 1.54) is 12.1 Å². The highest BCUT2D eigenvalue weighted by Gasteiger charge is 2.02. The Morgan fingerprint density at radius 1 is 1.38 bits per heavy atom. The highest BCUT2D eigenvalue weighted by molar-refractivity contribution is 9.10. The zero-order chi connectivity index (χ0) is 11.7. The van der Waals surface area contributed by atoms with Gasteiger partial charge in [0.05, 0.1) is 4.47 Å². The van der Waals surface area contributed by atoms with E-state index in [1.54, 1.807) is 22.9 Å². The van der Waals surface area contributed by atoms with Crippen LogP contribution in [-0.4, -0.2) is 9.55 Å². The molecule has 2 rings (SSSR count). The topological polar surface area (TPSA) is 37.8 Å². The number of hydrogen-bond acceptors (Lipinski definition) is 2. The molecule has 0 radical (unpaired) electrons. The van der Waals surface area contributed by atoms with Gasteiger partial charge in [0.2, 0.25) is 0 Å². The fourth-order valence-electron chi connectivity index (χ4n) is 1.26. The maximum Gasteiger partial charge on any atom is 0.251 e. The van der Waals surface area contributed by atoms with Crippen molar-refractivity contribution < 1.29 is 4.39 Å². The van der Waals surface area contributed by atoms with E-state index in [0.717, 1.165) is 0 Å². The number of aromatic amines is 1. The largest absolute Gasteiger partial charge is 0.299 e. The predicted octanol–water partition coefficient (Wildman–Crippen LogP) is 2.80. The van der Waals surface area contributed by atoms with Crippen molar-refractivity contribution in [1.29, 1.82) is 0 Å². The summed E-state index contributed by atoms with van der Waals surface area (Å²) in [6.45, 7) is 0. The predicted molar refractivity (Wildman–Crippen MR) is 64.9 cm³/mol. The number of aromatic nitrogens is 2. The average Bonchev–Trinajstić information content (AvgIpc) is 2.22. The molecule has 0 amide bonds. The number of benzene rings is 1. The summed E-state index contributed by atoms with van der Waals surface area (Å²) >= 11 is 8.08. The minimum atomic E-state index is -0.348. The first-order chi connectivity index (χ1) is 7.58. The molecule has 0 bridgehead atoms. The maximum atomic E-state index is 13.0. The Morgan fingerprint density at radius 3 is 2.75 bits per heavy atom. The van der Waals surface area contributed by atoms with Crippen molar-refractivity contribution in [3.63, 3.8) is 0 Å². The van der Waals surface area contributed by atoms with Crippen LogP contribution in [-0.2, 0) is 0 Å². The first kappa shape index (κ1) is 11.2. The van der Waals surface area contributed by atoms with Gasteiger partial charge in [0.1, 0.15) is 5.82 Å². The Morgan fingerprint density at radius 2 is 2.12 bits per heavy atom. The molecule has 6 heteroatoms. The van der Waals surface area contributed by atoms with E-state index in [2.05, 4.69) is 20.9 Å². The number of nitrogens with zero attached hydrogens (tertiary/aromatic N) is 1. The Bertz CT molecular complexity index is 650. The molecule has 0 saturated carbocycles. The van der Waals surface area contributed by atoms with E-state index < -0.39 is 0 Å². The van der Waals surface area contributed by atoms with Crippen molar-refractivity contribution >= 4 is 28.1 Å². The molecule has 0 aliphatic rings. The lowest BCUT2D eigenvalue weighted by molar-refractivity contribution is 0.620. The van der Waals surface area contributed by atoms with Gasteiger partial charge in [-0.1, -0.05) is 0 Å². The van der Waals surface area contributed by atoms with Gasteiger partial charge in [-0.3, -0.25) is 14.3 Å². The summed E-state index contributed by atoms with van der Waals surface area (Å²) in [6, 6.07) is 5.84. The molecule has 0 aliphatic carbocycles. The smallest absolute Gasteiger partial charge is 0.251 e. The Labute approximate surface area is 104 Å². The van der Waals surface area contributed by atoms with E-state index in [-0.39, 0.29) is 16.1 Å². The molecule has 0 spiro atoms. The molecule has 2 aromatic rings. The lowest BCUT2D eigenvalue weighted by Crippen LogP contribution is -2.09. The van der Waals surface area contributed by atoms with Gasteiger partial charge >= 0.3 is 0 Å². The number of halogens is 2. The molecule has 82 valence electrons. The average molecular weight is 301 g/mol. The summed E-state index contributed by atoms with van der Waals surface area (Å²) in [5.74, 6) is -0.348. The van der Waals surface area contributed by atoms with Crippen LogP contribution < -0.4 is 5.56 Å². The van der Waals surface area contributed by atoms with Crippen molar-refractivity contribution in [3.05, 3.63) is 55.9 Å². The van der Waals surface area contributed by atoms with Crippen LogP contribution in [0.25, 0.3) is 5.69 Å². The Hall–Kier alpha value is -1.27. The second kappa shape index (κ2) is 4.31. The fourth-order valence-corrected chi connectivity index (χ4v) is 1.89. The number of rotatable bonds is 1. The summed E-state index contributed by atoms with van der Waals surface area (Å²) in [7, 11) is 0. The van der Waals surface area contributed by atoms with Gasteiger partial charge in [-0.05, 0) is 46.3 Å². The molecule has 1 N–H and O–H groups in total. The summed E-state index contributed by atoms with van der Waals surface area (Å²) in [5.41, 5.74) is 0.414. The molecule has 0 saturated heterocycles. The summed E-state index contributed by atoms with van der Waals surface area (Å²) < 4.78 is 15.2. The maximum absolute atomic E-state index is 13.0. The molecule has 0 fully saturated rings. The zero-order valence-electron chi connectivity index (χ0n) is 7.91. The summed E-state index contributed by atoms with van der Waals surface area (Å²) in [5, 5.41) is 0. The molecule has 0 atom stereocenters. The van der Waals surface area contributed by atoms with Crippen LogP contribution in [0.15, 0.2) is 39.7 Å². The number of hydrogen-bond donors (Lipinski definition) is 1. The highest BCUT2D eigenvalue weighted by Crippen LogP contribution is 2.19. The van der Waals surface area contributed by atoms with Crippen molar-refractivity contribution in [2.24, 2.45) is 0 Å². The van der Waals surface area contributed by atoms with Crippen LogP contribution in [0.4, 0.5) is 4.39 Å². The van der Waals surface area contributed by atoms with Gasteiger partial charge < -0.3 is 0 Å². The molecule has 3 nitrogen and oxygen atoms in total. The minimum absolute atomic E-state index is 0.262. The number of nitrogens with one attached hydrogen (secondary N) is 1. The van der Waals surface area contributed by atoms with Crippen LogP contribution in [0.2, 0.25) is 0 Å². The van der Waals surface area contributed by atoms with E-state index >= 15 is 0 Å². The molecular formula is C10H6BrFN2OS. The SMILES string of the molecule is O=c1ccn(-c2ccc(F)c(Br)c2)c(=S)[nH]1. The zero-order valence-corrected chi connectivity index (χ0v) is 10.3. The van der Waals surface area contributed by atoms with Gasteiger partial charge in [-0.15, -0.1) is 0 Å². The highest BCUT2D eigenvalue weighted by atomic mass is 79.9. The van der Waals surface area contributed by atoms with Gasteiger partial charge in [0.15, 0.2) is 4.77 Å². The van der Waals surface area contributed by atoms with Crippen molar-refractivity contribution in [2.75, 3.05) is 0 Å². The van der Waals surface area contributed by atoms with Crippen LogP contribution in [0.1, 0.15) is 0 Å². The third-order valence-corrected chi connectivity index (χ3v) is 2.91. The van der Waals surface area contributed by atoms with Gasteiger partial charge in [0.25, 0.3) is 5.56 Å². The molecule has 16 heavy (non-hydrogen) atoms. The van der Waals surface area contributed by atoms with Crippen LogP contribution in [0.5, 0.6) is 0 Å². The van der Waals surface area contributed by atoms with E-state index in [9.17, 15) is 9.18 Å². The second-order valence-corrected chi connectivity index (χ2v) is 4.32. The lowest BCUT2D eigenvalue weighted by Gasteiger charge is -2.06. The summed E-state index contributed by atoms with van der Waals surface area (Å²) in [4.78, 5) is 13.5. The normalized spacial score (nSPS) is 10.4. The third-order valence-electron chi connectivity index (χ3n) is 2.01. The molecule has 0 unspecified atom stereocenters. The molecule has 1 aromatic heterocycles. The van der Waals surface area contributed by atoms with Crippen LogP contribution in [0.3, 0.4) is 0 Å². The quantitative estimate of drug-likeness (QED) is 0.823. The van der Waals surface area contributed by atoms with E-state index in [1.807, 2.05) is 0 Å². The first-order valence-corrected chi connectivity index (χ1v) is 5.55. The monoisotopic (exact) mass is 300 g/mol. The van der Waals surface area contributed by atoms with Crippen molar-refractivity contribution in [1.82, 2.24) is 9.55 Å².